The van der Waals surface area contributed by atoms with Crippen molar-refractivity contribution in [3.05, 3.63) is 58.1 Å². The summed E-state index contributed by atoms with van der Waals surface area (Å²) < 4.78 is 6.53. The number of carbonyl (C=O) groups is 2. The fourth-order valence-corrected chi connectivity index (χ4v) is 2.47. The largest absolute Gasteiger partial charge is 0.493 e. The number of anilines is 1. The van der Waals surface area contributed by atoms with Crippen molar-refractivity contribution in [2.45, 2.75) is 20.3 Å². The van der Waals surface area contributed by atoms with Crippen LogP contribution in [0, 0.1) is 5.92 Å². The summed E-state index contributed by atoms with van der Waals surface area (Å²) in [6.07, 6.45) is 0.897. The number of hydrogen-bond donors (Lipinski definition) is 2. The summed E-state index contributed by atoms with van der Waals surface area (Å²) in [7, 11) is 0. The zero-order chi connectivity index (χ0) is 18.4. The van der Waals surface area contributed by atoms with E-state index in [1.807, 2.05) is 6.07 Å². The number of aromatic carboxylic acids is 1. The molecule has 6 heteroatoms. The Bertz CT molecular complexity index is 757. The number of carboxylic acids is 1. The van der Waals surface area contributed by atoms with Crippen molar-refractivity contribution in [1.82, 2.24) is 0 Å². The van der Waals surface area contributed by atoms with Gasteiger partial charge in [-0.1, -0.05) is 29.8 Å². The molecule has 0 aliphatic rings. The minimum atomic E-state index is -1.01. The van der Waals surface area contributed by atoms with Crippen LogP contribution in [0.15, 0.2) is 46.9 Å². The summed E-state index contributed by atoms with van der Waals surface area (Å²) in [4.78, 5) is 23.5. The Morgan fingerprint density at radius 3 is 2.44 bits per heavy atom. The van der Waals surface area contributed by atoms with Gasteiger partial charge >= 0.3 is 5.97 Å². The SMILES string of the molecule is CC(C)CCOc1ccc(Br)cc1C(=O)Nc1ccc(C(=O)O)cc1. The summed E-state index contributed by atoms with van der Waals surface area (Å²) in [5.41, 5.74) is 1.10. The maximum atomic E-state index is 12.6. The van der Waals surface area contributed by atoms with E-state index in [1.54, 1.807) is 24.3 Å². The van der Waals surface area contributed by atoms with E-state index in [9.17, 15) is 9.59 Å². The number of nitrogens with one attached hydrogen (secondary N) is 1. The molecule has 0 fully saturated rings. The zero-order valence-corrected chi connectivity index (χ0v) is 15.7. The molecule has 2 aromatic rings. The number of amides is 1. The van der Waals surface area contributed by atoms with Gasteiger partial charge in [-0.25, -0.2) is 4.79 Å². The average Bonchev–Trinajstić information content (AvgIpc) is 2.56. The lowest BCUT2D eigenvalue weighted by Crippen LogP contribution is -2.14. The van der Waals surface area contributed by atoms with Gasteiger partial charge in [0.25, 0.3) is 5.91 Å². The predicted molar refractivity (Wildman–Crippen MR) is 100 cm³/mol. The molecule has 2 N–H and O–H groups in total. The summed E-state index contributed by atoms with van der Waals surface area (Å²) in [5, 5.41) is 11.7. The Balaban J connectivity index is 2.14. The van der Waals surface area contributed by atoms with Gasteiger partial charge in [0.1, 0.15) is 5.75 Å². The molecule has 0 aliphatic heterocycles. The van der Waals surface area contributed by atoms with E-state index in [2.05, 4.69) is 35.1 Å². The van der Waals surface area contributed by atoms with E-state index >= 15 is 0 Å². The first-order valence-corrected chi connectivity index (χ1v) is 8.73. The van der Waals surface area contributed by atoms with Crippen molar-refractivity contribution < 1.29 is 19.4 Å². The highest BCUT2D eigenvalue weighted by molar-refractivity contribution is 9.10. The average molecular weight is 406 g/mol. The molecular formula is C19H20BrNO4. The van der Waals surface area contributed by atoms with Gasteiger partial charge in [0.15, 0.2) is 0 Å². The van der Waals surface area contributed by atoms with Crippen molar-refractivity contribution in [2.24, 2.45) is 5.92 Å². The molecule has 2 aromatic carbocycles. The second-order valence-electron chi connectivity index (χ2n) is 6.01. The molecule has 0 atom stereocenters. The maximum absolute atomic E-state index is 12.6. The van der Waals surface area contributed by atoms with E-state index in [-0.39, 0.29) is 11.5 Å². The number of hydrogen-bond acceptors (Lipinski definition) is 3. The Hall–Kier alpha value is -2.34. The summed E-state index contributed by atoms with van der Waals surface area (Å²) in [5.74, 6) is -0.293. The van der Waals surface area contributed by atoms with Crippen LogP contribution in [0.3, 0.4) is 0 Å². The van der Waals surface area contributed by atoms with Gasteiger partial charge in [-0.2, -0.15) is 0 Å². The van der Waals surface area contributed by atoms with Gasteiger partial charge in [-0.15, -0.1) is 0 Å². The van der Waals surface area contributed by atoms with Gasteiger partial charge in [0.05, 0.1) is 17.7 Å². The van der Waals surface area contributed by atoms with Crippen LogP contribution in [0.4, 0.5) is 5.69 Å². The molecule has 0 heterocycles. The van der Waals surface area contributed by atoms with E-state index in [1.165, 1.54) is 12.1 Å². The first-order valence-electron chi connectivity index (χ1n) is 7.94. The third kappa shape index (κ3) is 5.60. The smallest absolute Gasteiger partial charge is 0.335 e. The van der Waals surface area contributed by atoms with Crippen molar-refractivity contribution >= 4 is 33.5 Å². The van der Waals surface area contributed by atoms with Gasteiger partial charge in [-0.05, 0) is 54.8 Å². The van der Waals surface area contributed by atoms with E-state index in [4.69, 9.17) is 9.84 Å². The van der Waals surface area contributed by atoms with Gasteiger partial charge in [0, 0.05) is 10.2 Å². The molecule has 0 bridgehead atoms. The third-order valence-corrected chi connectivity index (χ3v) is 4.02. The first-order chi connectivity index (χ1) is 11.9. The minimum Gasteiger partial charge on any atom is -0.493 e. The Morgan fingerprint density at radius 2 is 1.84 bits per heavy atom. The van der Waals surface area contributed by atoms with Gasteiger partial charge in [0.2, 0.25) is 0 Å². The van der Waals surface area contributed by atoms with Crippen LogP contribution in [-0.2, 0) is 0 Å². The number of carboxylic acid groups (broad SMARTS) is 1. The fourth-order valence-electron chi connectivity index (χ4n) is 2.10. The second-order valence-corrected chi connectivity index (χ2v) is 6.92. The number of rotatable bonds is 7. The fraction of sp³-hybridized carbons (Fsp3) is 0.263. The van der Waals surface area contributed by atoms with Crippen LogP contribution in [0.1, 0.15) is 41.0 Å². The third-order valence-electron chi connectivity index (χ3n) is 3.53. The number of ether oxygens (including phenoxy) is 1. The lowest BCUT2D eigenvalue weighted by molar-refractivity contribution is 0.0696. The van der Waals surface area contributed by atoms with E-state index in [0.717, 1.165) is 10.9 Å². The van der Waals surface area contributed by atoms with Crippen molar-refractivity contribution in [3.8, 4) is 5.75 Å². The molecule has 0 aliphatic carbocycles. The van der Waals surface area contributed by atoms with Crippen molar-refractivity contribution in [2.75, 3.05) is 11.9 Å². The topological polar surface area (TPSA) is 75.6 Å². The lowest BCUT2D eigenvalue weighted by Gasteiger charge is -2.13. The molecule has 0 aromatic heterocycles. The van der Waals surface area contributed by atoms with E-state index < -0.39 is 5.97 Å². The highest BCUT2D eigenvalue weighted by Gasteiger charge is 2.14. The van der Waals surface area contributed by atoms with Crippen LogP contribution < -0.4 is 10.1 Å². The Labute approximate surface area is 155 Å². The first kappa shape index (κ1) is 19.0. The van der Waals surface area contributed by atoms with E-state index in [0.29, 0.717) is 29.5 Å². The monoisotopic (exact) mass is 405 g/mol. The van der Waals surface area contributed by atoms with Crippen molar-refractivity contribution in [3.63, 3.8) is 0 Å². The Kier molecular flexibility index (Phi) is 6.58. The van der Waals surface area contributed by atoms with Crippen LogP contribution in [0.2, 0.25) is 0 Å². The molecule has 25 heavy (non-hydrogen) atoms. The van der Waals surface area contributed by atoms with Gasteiger partial charge < -0.3 is 15.2 Å². The molecular weight excluding hydrogens is 386 g/mol. The number of halogens is 1. The summed E-state index contributed by atoms with van der Waals surface area (Å²) in [6.45, 7) is 4.76. The Morgan fingerprint density at radius 1 is 1.16 bits per heavy atom. The maximum Gasteiger partial charge on any atom is 0.335 e. The molecule has 0 spiro atoms. The summed E-state index contributed by atoms with van der Waals surface area (Å²) >= 11 is 3.37. The minimum absolute atomic E-state index is 0.165. The van der Waals surface area contributed by atoms with Gasteiger partial charge in [-0.3, -0.25) is 4.79 Å². The van der Waals surface area contributed by atoms with Crippen LogP contribution in [0.5, 0.6) is 5.75 Å². The van der Waals surface area contributed by atoms with Crippen LogP contribution in [-0.4, -0.2) is 23.6 Å². The summed E-state index contributed by atoms with van der Waals surface area (Å²) in [6, 6.07) is 11.3. The molecule has 0 radical (unpaired) electrons. The highest BCUT2D eigenvalue weighted by atomic mass is 79.9. The second kappa shape index (κ2) is 8.67. The molecule has 2 rings (SSSR count). The molecule has 0 unspecified atom stereocenters. The molecule has 0 saturated carbocycles. The standard InChI is InChI=1S/C19H20BrNO4/c1-12(2)9-10-25-17-8-5-14(20)11-16(17)18(22)21-15-6-3-13(4-7-15)19(23)24/h3-8,11-12H,9-10H2,1-2H3,(H,21,22)(H,23,24). The van der Waals surface area contributed by atoms with Crippen LogP contribution >= 0.6 is 15.9 Å². The molecule has 0 saturated heterocycles. The highest BCUT2D eigenvalue weighted by Crippen LogP contribution is 2.25. The number of benzene rings is 2. The predicted octanol–water partition coefficient (Wildman–Crippen LogP) is 4.82. The normalized spacial score (nSPS) is 10.6. The lowest BCUT2D eigenvalue weighted by atomic mass is 10.1. The van der Waals surface area contributed by atoms with Crippen molar-refractivity contribution in [1.29, 1.82) is 0 Å². The molecule has 5 nitrogen and oxygen atoms in total. The zero-order valence-electron chi connectivity index (χ0n) is 14.1. The number of carbonyl (C=O) groups excluding carboxylic acids is 1. The van der Waals surface area contributed by atoms with Crippen LogP contribution in [0.25, 0.3) is 0 Å². The molecule has 132 valence electrons. The quantitative estimate of drug-likeness (QED) is 0.691. The molecule has 1 amide bonds.